The van der Waals surface area contributed by atoms with E-state index in [1.54, 1.807) is 0 Å². The number of aromatic amines is 1. The Bertz CT molecular complexity index is 742. The molecule has 2 nitrogen and oxygen atoms in total. The van der Waals surface area contributed by atoms with Crippen molar-refractivity contribution in [2.24, 2.45) is 0 Å². The summed E-state index contributed by atoms with van der Waals surface area (Å²) < 4.78 is 0. The molecule has 2 heterocycles. The molecule has 4 rings (SSSR count). The van der Waals surface area contributed by atoms with Gasteiger partial charge in [0.15, 0.2) is 0 Å². The average Bonchev–Trinajstić information content (AvgIpc) is 2.95. The van der Waals surface area contributed by atoms with E-state index >= 15 is 0 Å². The Hall–Kier alpha value is -2.06. The summed E-state index contributed by atoms with van der Waals surface area (Å²) in [6.45, 7) is 3.25. The van der Waals surface area contributed by atoms with Gasteiger partial charge in [-0.05, 0) is 40.6 Å². The lowest BCUT2D eigenvalue weighted by molar-refractivity contribution is 0.245. The highest BCUT2D eigenvalue weighted by Crippen LogP contribution is 2.21. The predicted octanol–water partition coefficient (Wildman–Crippen LogP) is 3.73. The molecule has 0 fully saturated rings. The third kappa shape index (κ3) is 2.12. The van der Waals surface area contributed by atoms with Crippen LogP contribution in [0.25, 0.3) is 10.9 Å². The summed E-state index contributed by atoms with van der Waals surface area (Å²) in [7, 11) is 0. The van der Waals surface area contributed by atoms with E-state index < -0.39 is 0 Å². The zero-order chi connectivity index (χ0) is 13.4. The largest absolute Gasteiger partial charge is 0.361 e. The summed E-state index contributed by atoms with van der Waals surface area (Å²) in [5.74, 6) is 0. The smallest absolute Gasteiger partial charge is 0.0457 e. The minimum Gasteiger partial charge on any atom is -0.361 e. The lowest BCUT2D eigenvalue weighted by Gasteiger charge is -2.28. The van der Waals surface area contributed by atoms with Crippen molar-refractivity contribution in [3.8, 4) is 0 Å². The minimum atomic E-state index is 1.03. The van der Waals surface area contributed by atoms with Gasteiger partial charge in [0.2, 0.25) is 0 Å². The molecule has 0 amide bonds. The second-order valence-corrected chi connectivity index (χ2v) is 5.63. The summed E-state index contributed by atoms with van der Waals surface area (Å²) in [4.78, 5) is 5.83. The highest BCUT2D eigenvalue weighted by Gasteiger charge is 2.15. The number of hydrogen-bond acceptors (Lipinski definition) is 1. The molecule has 1 aromatic heterocycles. The molecule has 2 heteroatoms. The number of rotatable bonds is 2. The lowest BCUT2D eigenvalue weighted by atomic mass is 9.99. The molecule has 0 unspecified atom stereocenters. The first kappa shape index (κ1) is 11.7. The van der Waals surface area contributed by atoms with Gasteiger partial charge in [0.1, 0.15) is 0 Å². The van der Waals surface area contributed by atoms with E-state index in [1.807, 2.05) is 6.20 Å². The molecule has 100 valence electrons. The highest BCUT2D eigenvalue weighted by atomic mass is 15.1. The predicted molar refractivity (Wildman–Crippen MR) is 82.6 cm³/mol. The fraction of sp³-hybridized carbons (Fsp3) is 0.222. The van der Waals surface area contributed by atoms with E-state index in [9.17, 15) is 0 Å². The topological polar surface area (TPSA) is 19.0 Å². The normalized spacial score (nSPS) is 15.4. The summed E-state index contributed by atoms with van der Waals surface area (Å²) in [6.07, 6.45) is 3.17. The van der Waals surface area contributed by atoms with E-state index in [0.29, 0.717) is 0 Å². The summed E-state index contributed by atoms with van der Waals surface area (Å²) in [5.41, 5.74) is 5.63. The molecule has 3 aromatic rings. The van der Waals surface area contributed by atoms with Crippen LogP contribution in [0.2, 0.25) is 0 Å². The second kappa shape index (κ2) is 4.80. The highest BCUT2D eigenvalue weighted by molar-refractivity contribution is 5.79. The van der Waals surface area contributed by atoms with E-state index in [-0.39, 0.29) is 0 Å². The SMILES string of the molecule is c1ccc2c(c1)CCN(Cc1ccc3cc[nH]c3c1)C2. The number of fused-ring (bicyclic) bond motifs is 2. The molecule has 1 N–H and O–H groups in total. The van der Waals surface area contributed by atoms with Crippen LogP contribution in [0.4, 0.5) is 0 Å². The van der Waals surface area contributed by atoms with Crippen molar-refractivity contribution in [3.63, 3.8) is 0 Å². The third-order valence-corrected chi connectivity index (χ3v) is 4.24. The van der Waals surface area contributed by atoms with E-state index in [2.05, 4.69) is 58.4 Å². The first-order chi connectivity index (χ1) is 9.88. The van der Waals surface area contributed by atoms with Crippen LogP contribution in [0.15, 0.2) is 54.7 Å². The van der Waals surface area contributed by atoms with Crippen molar-refractivity contribution in [1.82, 2.24) is 9.88 Å². The Labute approximate surface area is 119 Å². The van der Waals surface area contributed by atoms with Gasteiger partial charge in [-0.2, -0.15) is 0 Å². The van der Waals surface area contributed by atoms with Crippen LogP contribution in [-0.4, -0.2) is 16.4 Å². The maximum Gasteiger partial charge on any atom is 0.0457 e. The van der Waals surface area contributed by atoms with Crippen molar-refractivity contribution >= 4 is 10.9 Å². The van der Waals surface area contributed by atoms with Crippen LogP contribution < -0.4 is 0 Å². The fourth-order valence-electron chi connectivity index (χ4n) is 3.14. The maximum absolute atomic E-state index is 3.29. The zero-order valence-electron chi connectivity index (χ0n) is 11.5. The Morgan fingerprint density at radius 3 is 2.85 bits per heavy atom. The van der Waals surface area contributed by atoms with Gasteiger partial charge in [-0.15, -0.1) is 0 Å². The Balaban J connectivity index is 1.55. The van der Waals surface area contributed by atoms with Crippen molar-refractivity contribution in [2.45, 2.75) is 19.5 Å². The van der Waals surface area contributed by atoms with Crippen LogP contribution in [-0.2, 0) is 19.5 Å². The number of hydrogen-bond donors (Lipinski definition) is 1. The van der Waals surface area contributed by atoms with E-state index in [1.165, 1.54) is 34.0 Å². The molecule has 1 aliphatic rings. The van der Waals surface area contributed by atoms with Gasteiger partial charge < -0.3 is 4.98 Å². The van der Waals surface area contributed by atoms with Crippen LogP contribution in [0.5, 0.6) is 0 Å². The van der Waals surface area contributed by atoms with Gasteiger partial charge in [-0.3, -0.25) is 4.90 Å². The van der Waals surface area contributed by atoms with Gasteiger partial charge in [-0.25, -0.2) is 0 Å². The second-order valence-electron chi connectivity index (χ2n) is 5.63. The number of H-pyrrole nitrogens is 1. The van der Waals surface area contributed by atoms with Gasteiger partial charge >= 0.3 is 0 Å². The van der Waals surface area contributed by atoms with Crippen LogP contribution in [0, 0.1) is 0 Å². The number of nitrogens with one attached hydrogen (secondary N) is 1. The molecular formula is C18H18N2. The average molecular weight is 262 g/mol. The number of nitrogens with zero attached hydrogens (tertiary/aromatic N) is 1. The molecule has 20 heavy (non-hydrogen) atoms. The summed E-state index contributed by atoms with van der Waals surface area (Å²) >= 11 is 0. The van der Waals surface area contributed by atoms with Gasteiger partial charge in [0.05, 0.1) is 0 Å². The number of aromatic nitrogens is 1. The van der Waals surface area contributed by atoms with Crippen LogP contribution in [0.3, 0.4) is 0 Å². The Kier molecular flexibility index (Phi) is 2.82. The molecule has 0 saturated carbocycles. The van der Waals surface area contributed by atoms with E-state index in [0.717, 1.165) is 19.6 Å². The Morgan fingerprint density at radius 2 is 1.90 bits per heavy atom. The molecule has 0 radical (unpaired) electrons. The summed E-state index contributed by atoms with van der Waals surface area (Å²) in [6, 6.07) is 17.7. The van der Waals surface area contributed by atoms with Crippen LogP contribution in [0.1, 0.15) is 16.7 Å². The Morgan fingerprint density at radius 1 is 1.00 bits per heavy atom. The third-order valence-electron chi connectivity index (χ3n) is 4.24. The lowest BCUT2D eigenvalue weighted by Crippen LogP contribution is -2.29. The molecule has 0 aliphatic carbocycles. The van der Waals surface area contributed by atoms with Crippen molar-refractivity contribution in [2.75, 3.05) is 6.54 Å². The fourth-order valence-corrected chi connectivity index (χ4v) is 3.14. The monoisotopic (exact) mass is 262 g/mol. The van der Waals surface area contributed by atoms with Crippen molar-refractivity contribution in [3.05, 3.63) is 71.4 Å². The van der Waals surface area contributed by atoms with Gasteiger partial charge in [0, 0.05) is 31.3 Å². The minimum absolute atomic E-state index is 1.03. The van der Waals surface area contributed by atoms with Crippen molar-refractivity contribution < 1.29 is 0 Å². The summed E-state index contributed by atoms with van der Waals surface area (Å²) in [5, 5.41) is 1.29. The van der Waals surface area contributed by atoms with Crippen LogP contribution >= 0.6 is 0 Å². The molecule has 0 saturated heterocycles. The molecule has 1 aliphatic heterocycles. The molecule has 0 bridgehead atoms. The molecule has 0 spiro atoms. The van der Waals surface area contributed by atoms with Gasteiger partial charge in [0.25, 0.3) is 0 Å². The zero-order valence-corrected chi connectivity index (χ0v) is 11.5. The quantitative estimate of drug-likeness (QED) is 0.745. The maximum atomic E-state index is 3.29. The molecular weight excluding hydrogens is 244 g/mol. The first-order valence-corrected chi connectivity index (χ1v) is 7.24. The van der Waals surface area contributed by atoms with E-state index in [4.69, 9.17) is 0 Å². The number of benzene rings is 2. The van der Waals surface area contributed by atoms with Crippen molar-refractivity contribution in [1.29, 1.82) is 0 Å². The van der Waals surface area contributed by atoms with Gasteiger partial charge in [-0.1, -0.05) is 36.4 Å². The first-order valence-electron chi connectivity index (χ1n) is 7.24. The standard InChI is InChI=1S/C18H18N2/c1-2-4-17-13-20(10-8-15(17)3-1)12-14-5-6-16-7-9-19-18(16)11-14/h1-7,9,11,19H,8,10,12-13H2. The molecule has 0 atom stereocenters. The molecule has 2 aromatic carbocycles.